The van der Waals surface area contributed by atoms with Gasteiger partial charge in [-0.15, -0.1) is 0 Å². The van der Waals surface area contributed by atoms with Crippen molar-refractivity contribution in [3.05, 3.63) is 83.2 Å². The van der Waals surface area contributed by atoms with Crippen LogP contribution in [0, 0.1) is 23.3 Å². The number of aromatic amines is 2. The van der Waals surface area contributed by atoms with E-state index in [1.54, 1.807) is 0 Å². The molecule has 2 aromatic heterocycles. The maximum atomic E-state index is 14.1. The topological polar surface area (TPSA) is 136 Å². The van der Waals surface area contributed by atoms with Crippen LogP contribution in [0.2, 0.25) is 0 Å². The quantitative estimate of drug-likeness (QED) is 0.106. The Kier molecular flexibility index (Phi) is 8.13. The fourth-order valence-electron chi connectivity index (χ4n) is 4.06. The van der Waals surface area contributed by atoms with E-state index in [1.165, 1.54) is 24.5 Å². The van der Waals surface area contributed by atoms with E-state index in [4.69, 9.17) is 20.9 Å². The molecule has 2 aromatic carbocycles. The second-order valence-electron chi connectivity index (χ2n) is 8.56. The number of nitrogens with one attached hydrogen (secondary N) is 2. The van der Waals surface area contributed by atoms with E-state index in [0.29, 0.717) is 22.2 Å². The highest BCUT2D eigenvalue weighted by Crippen LogP contribution is 2.26. The molecule has 200 valence electrons. The zero-order valence-electron chi connectivity index (χ0n) is 19.9. The number of esters is 2. The number of fused-ring (bicyclic) bond motifs is 2. The zero-order chi connectivity index (χ0) is 27.4. The van der Waals surface area contributed by atoms with Crippen LogP contribution in [0.3, 0.4) is 0 Å². The van der Waals surface area contributed by atoms with Crippen LogP contribution in [0.4, 0.5) is 17.6 Å². The monoisotopic (exact) mass is 532 g/mol. The summed E-state index contributed by atoms with van der Waals surface area (Å²) in [6, 6.07) is 4.86. The molecule has 6 N–H and O–H groups in total. The highest BCUT2D eigenvalue weighted by molar-refractivity contribution is 5.91. The van der Waals surface area contributed by atoms with Crippen molar-refractivity contribution in [2.75, 3.05) is 0 Å². The second-order valence-corrected chi connectivity index (χ2v) is 8.56. The summed E-state index contributed by atoms with van der Waals surface area (Å²) in [5, 5.41) is 0.203. The molecule has 0 aliphatic carbocycles. The molecular formula is C26H24F4N4O4. The van der Waals surface area contributed by atoms with Crippen molar-refractivity contribution in [3.63, 3.8) is 0 Å². The lowest BCUT2D eigenvalue weighted by Crippen LogP contribution is -2.28. The Hall–Kier alpha value is -4.16. The van der Waals surface area contributed by atoms with Crippen molar-refractivity contribution in [2.45, 2.75) is 38.1 Å². The van der Waals surface area contributed by atoms with Gasteiger partial charge in [0, 0.05) is 59.2 Å². The van der Waals surface area contributed by atoms with Crippen LogP contribution in [-0.2, 0) is 31.9 Å². The highest BCUT2D eigenvalue weighted by atomic mass is 19.2. The largest absolute Gasteiger partial charge is 0.444 e. The average Bonchev–Trinajstić information content (AvgIpc) is 3.49. The van der Waals surface area contributed by atoms with Gasteiger partial charge in [-0.1, -0.05) is 0 Å². The molecule has 0 saturated heterocycles. The zero-order valence-corrected chi connectivity index (χ0v) is 19.9. The number of H-pyrrole nitrogens is 2. The van der Waals surface area contributed by atoms with E-state index < -0.39 is 47.7 Å². The minimum Gasteiger partial charge on any atom is -0.444 e. The maximum Gasteiger partial charge on any atom is 0.332 e. The number of nitrogens with two attached hydrogens (primary N) is 2. The molecule has 12 heteroatoms. The average molecular weight is 532 g/mol. The van der Waals surface area contributed by atoms with Crippen molar-refractivity contribution >= 4 is 33.7 Å². The van der Waals surface area contributed by atoms with Crippen LogP contribution in [0.25, 0.3) is 21.8 Å². The normalized spacial score (nSPS) is 13.3. The molecule has 2 unspecified atom stereocenters. The van der Waals surface area contributed by atoms with Gasteiger partial charge in [-0.05, 0) is 48.2 Å². The molecule has 2 heterocycles. The molecule has 2 atom stereocenters. The molecule has 38 heavy (non-hydrogen) atoms. The standard InChI is InChI=1S/C26H24F4N4O4/c27-15-3-5-17-23(25(15)29)13(11-33-17)1-7-19(31)37-21(35)9-10-22(36)38-20(32)8-2-14-12-34-18-6-4-16(28)26(30)24(14)18/h3-6,9-12,19-20,33-34H,1-2,7-8,31-32H2/b10-9+. The molecule has 0 fully saturated rings. The summed E-state index contributed by atoms with van der Waals surface area (Å²) in [5.74, 6) is -5.76. The lowest BCUT2D eigenvalue weighted by Gasteiger charge is -2.12. The minimum absolute atomic E-state index is 0.101. The molecule has 0 spiro atoms. The molecule has 0 saturated carbocycles. The number of ether oxygens (including phenoxy) is 2. The van der Waals surface area contributed by atoms with Crippen molar-refractivity contribution in [2.24, 2.45) is 11.5 Å². The van der Waals surface area contributed by atoms with Gasteiger partial charge < -0.3 is 19.4 Å². The summed E-state index contributed by atoms with van der Waals surface area (Å²) >= 11 is 0. The summed E-state index contributed by atoms with van der Waals surface area (Å²) in [4.78, 5) is 29.6. The van der Waals surface area contributed by atoms with Gasteiger partial charge in [-0.3, -0.25) is 11.5 Å². The molecule has 0 aliphatic rings. The third-order valence-corrected chi connectivity index (χ3v) is 5.92. The number of benzene rings is 2. The number of carbonyl (C=O) groups is 2. The molecule has 0 aliphatic heterocycles. The van der Waals surface area contributed by atoms with E-state index in [9.17, 15) is 27.2 Å². The first-order valence-electron chi connectivity index (χ1n) is 11.6. The first kappa shape index (κ1) is 26.9. The lowest BCUT2D eigenvalue weighted by molar-refractivity contribution is -0.145. The summed E-state index contributed by atoms with van der Waals surface area (Å²) in [5.41, 5.74) is 13.4. The van der Waals surface area contributed by atoms with E-state index in [-0.39, 0.29) is 36.5 Å². The predicted molar refractivity (Wildman–Crippen MR) is 130 cm³/mol. The van der Waals surface area contributed by atoms with E-state index in [0.717, 1.165) is 24.3 Å². The molecule has 0 bridgehead atoms. The molecule has 8 nitrogen and oxygen atoms in total. The van der Waals surface area contributed by atoms with Crippen LogP contribution >= 0.6 is 0 Å². The first-order valence-corrected chi connectivity index (χ1v) is 11.6. The third-order valence-electron chi connectivity index (χ3n) is 5.92. The predicted octanol–water partition coefficient (Wildman–Crippen LogP) is 3.98. The minimum atomic E-state index is -1.08. The number of hydrogen-bond acceptors (Lipinski definition) is 6. The Morgan fingerprint density at radius 1 is 0.737 bits per heavy atom. The number of carbonyl (C=O) groups excluding carboxylic acids is 2. The van der Waals surface area contributed by atoms with Crippen LogP contribution in [-0.4, -0.2) is 34.4 Å². The fraction of sp³-hybridized carbons (Fsp3) is 0.231. The number of halogens is 4. The Labute approximate surface area is 213 Å². The number of rotatable bonds is 10. The van der Waals surface area contributed by atoms with Crippen molar-refractivity contribution in [1.29, 1.82) is 0 Å². The molecule has 0 amide bonds. The highest BCUT2D eigenvalue weighted by Gasteiger charge is 2.17. The second kappa shape index (κ2) is 11.5. The molecular weight excluding hydrogens is 508 g/mol. The van der Waals surface area contributed by atoms with E-state index >= 15 is 0 Å². The van der Waals surface area contributed by atoms with Gasteiger partial charge in [-0.25, -0.2) is 27.2 Å². The molecule has 0 radical (unpaired) electrons. The van der Waals surface area contributed by atoms with Gasteiger partial charge in [0.05, 0.1) is 0 Å². The summed E-state index contributed by atoms with van der Waals surface area (Å²) in [6.45, 7) is 0. The van der Waals surface area contributed by atoms with Crippen molar-refractivity contribution in [1.82, 2.24) is 9.97 Å². The first-order chi connectivity index (χ1) is 18.1. The SMILES string of the molecule is NC(CCc1c[nH]c2ccc(F)c(F)c12)OC(=O)/C=C/C(=O)OC(N)CCc1c[nH]c2ccc(F)c(F)c12. The van der Waals surface area contributed by atoms with Crippen LogP contribution in [0.1, 0.15) is 24.0 Å². The summed E-state index contributed by atoms with van der Waals surface area (Å²) in [6.07, 6.45) is 3.13. The number of hydrogen-bond donors (Lipinski definition) is 4. The Balaban J connectivity index is 1.22. The van der Waals surface area contributed by atoms with Crippen LogP contribution in [0.15, 0.2) is 48.8 Å². The number of aromatic nitrogens is 2. The maximum absolute atomic E-state index is 14.1. The van der Waals surface area contributed by atoms with Crippen molar-refractivity contribution in [3.8, 4) is 0 Å². The lowest BCUT2D eigenvalue weighted by atomic mass is 10.1. The molecule has 4 aromatic rings. The van der Waals surface area contributed by atoms with Gasteiger partial charge in [0.2, 0.25) is 0 Å². The van der Waals surface area contributed by atoms with Crippen molar-refractivity contribution < 1.29 is 36.6 Å². The Bertz CT molecular complexity index is 1400. The summed E-state index contributed by atoms with van der Waals surface area (Å²) < 4.78 is 65.3. The molecule has 4 rings (SSSR count). The van der Waals surface area contributed by atoms with Gasteiger partial charge in [0.15, 0.2) is 35.7 Å². The fourth-order valence-corrected chi connectivity index (χ4v) is 4.06. The third kappa shape index (κ3) is 6.03. The van der Waals surface area contributed by atoms with Gasteiger partial charge in [0.1, 0.15) is 0 Å². The smallest absolute Gasteiger partial charge is 0.332 e. The van der Waals surface area contributed by atoms with Crippen LogP contribution < -0.4 is 11.5 Å². The number of aryl methyl sites for hydroxylation is 2. The summed E-state index contributed by atoms with van der Waals surface area (Å²) in [7, 11) is 0. The Morgan fingerprint density at radius 3 is 1.53 bits per heavy atom. The van der Waals surface area contributed by atoms with Crippen LogP contribution in [0.5, 0.6) is 0 Å². The van der Waals surface area contributed by atoms with Gasteiger partial charge in [0.25, 0.3) is 0 Å². The van der Waals surface area contributed by atoms with Gasteiger partial charge >= 0.3 is 11.9 Å². The Morgan fingerprint density at radius 2 is 1.13 bits per heavy atom. The van der Waals surface area contributed by atoms with E-state index in [1.807, 2.05) is 0 Å². The van der Waals surface area contributed by atoms with Gasteiger partial charge in [-0.2, -0.15) is 0 Å². The van der Waals surface area contributed by atoms with E-state index in [2.05, 4.69) is 9.97 Å².